The van der Waals surface area contributed by atoms with Crippen LogP contribution in [0.5, 0.6) is 0 Å². The molecule has 2 heteroatoms. The fourth-order valence-electron chi connectivity index (χ4n) is 4.72. The van der Waals surface area contributed by atoms with Gasteiger partial charge in [0.1, 0.15) is 0 Å². The predicted molar refractivity (Wildman–Crippen MR) is 68.4 cm³/mol. The molecule has 3 saturated carbocycles. The lowest BCUT2D eigenvalue weighted by atomic mass is 9.79. The summed E-state index contributed by atoms with van der Waals surface area (Å²) >= 11 is 0. The first kappa shape index (κ1) is 11.3. The Morgan fingerprint density at radius 1 is 1.12 bits per heavy atom. The molecule has 17 heavy (non-hydrogen) atoms. The third-order valence-corrected chi connectivity index (χ3v) is 5.18. The van der Waals surface area contributed by atoms with Crippen LogP contribution in [0.15, 0.2) is 11.6 Å². The van der Waals surface area contributed by atoms with Gasteiger partial charge in [-0.15, -0.1) is 0 Å². The lowest BCUT2D eigenvalue weighted by molar-refractivity contribution is -0.117. The number of hydrogen-bond donors (Lipinski definition) is 1. The van der Waals surface area contributed by atoms with E-state index < -0.39 is 0 Å². The smallest absolute Gasteiger partial charge is 0.244 e. The number of nitrogens with one attached hydrogen (secondary N) is 1. The minimum Gasteiger partial charge on any atom is -0.350 e. The third kappa shape index (κ3) is 1.92. The molecule has 5 unspecified atom stereocenters. The molecule has 94 valence electrons. The van der Waals surface area contributed by atoms with E-state index in [0.29, 0.717) is 6.04 Å². The Morgan fingerprint density at radius 3 is 2.65 bits per heavy atom. The van der Waals surface area contributed by atoms with Gasteiger partial charge in [-0.25, -0.2) is 0 Å². The zero-order valence-electron chi connectivity index (χ0n) is 10.9. The highest BCUT2D eigenvalue weighted by molar-refractivity contribution is 5.88. The molecule has 3 rings (SSSR count). The van der Waals surface area contributed by atoms with Crippen LogP contribution in [0.3, 0.4) is 0 Å². The molecule has 2 nitrogen and oxygen atoms in total. The molecule has 3 aliphatic carbocycles. The second-order valence-electron chi connectivity index (χ2n) is 6.49. The molecule has 0 aliphatic heterocycles. The van der Waals surface area contributed by atoms with Crippen molar-refractivity contribution >= 4 is 5.91 Å². The summed E-state index contributed by atoms with van der Waals surface area (Å²) in [5, 5.41) is 3.24. The lowest BCUT2D eigenvalue weighted by Crippen LogP contribution is -2.41. The van der Waals surface area contributed by atoms with Gasteiger partial charge in [-0.1, -0.05) is 12.0 Å². The van der Waals surface area contributed by atoms with Crippen LogP contribution in [0.2, 0.25) is 0 Å². The van der Waals surface area contributed by atoms with Gasteiger partial charge < -0.3 is 5.32 Å². The Labute approximate surface area is 104 Å². The standard InChI is InChI=1S/C15H23NO/c1-9(2)6-15(17)16-14-8-10-7-13(14)12-5-3-4-11(10)12/h6,10-14H,3-5,7-8H2,1-2H3,(H,16,17). The summed E-state index contributed by atoms with van der Waals surface area (Å²) in [5.74, 6) is 3.78. The van der Waals surface area contributed by atoms with Crippen LogP contribution in [0.4, 0.5) is 0 Å². The zero-order valence-corrected chi connectivity index (χ0v) is 10.9. The SMILES string of the molecule is CC(C)=CC(=O)NC1CC2CC1C1CCCC21. The van der Waals surface area contributed by atoms with E-state index in [4.69, 9.17) is 0 Å². The van der Waals surface area contributed by atoms with Crippen LogP contribution in [-0.2, 0) is 4.79 Å². The minimum absolute atomic E-state index is 0.122. The molecule has 0 radical (unpaired) electrons. The van der Waals surface area contributed by atoms with E-state index in [2.05, 4.69) is 5.32 Å². The van der Waals surface area contributed by atoms with Crippen molar-refractivity contribution in [3.8, 4) is 0 Å². The van der Waals surface area contributed by atoms with Gasteiger partial charge in [0.25, 0.3) is 0 Å². The maximum Gasteiger partial charge on any atom is 0.244 e. The third-order valence-electron chi connectivity index (χ3n) is 5.18. The molecule has 5 atom stereocenters. The number of carbonyl (C=O) groups is 1. The second kappa shape index (κ2) is 4.15. The normalized spacial score (nSPS) is 42.4. The van der Waals surface area contributed by atoms with Crippen LogP contribution in [0.25, 0.3) is 0 Å². The number of hydrogen-bond acceptors (Lipinski definition) is 1. The Morgan fingerprint density at radius 2 is 1.88 bits per heavy atom. The molecule has 0 aromatic heterocycles. The van der Waals surface area contributed by atoms with Gasteiger partial charge in [0.2, 0.25) is 5.91 Å². The van der Waals surface area contributed by atoms with Crippen LogP contribution in [0.1, 0.15) is 46.0 Å². The first-order valence-electron chi connectivity index (χ1n) is 7.10. The van der Waals surface area contributed by atoms with E-state index in [-0.39, 0.29) is 5.91 Å². The highest BCUT2D eigenvalue weighted by Crippen LogP contribution is 2.58. The van der Waals surface area contributed by atoms with Crippen LogP contribution in [-0.4, -0.2) is 11.9 Å². The van der Waals surface area contributed by atoms with E-state index in [0.717, 1.165) is 29.2 Å². The van der Waals surface area contributed by atoms with Gasteiger partial charge in [0.05, 0.1) is 0 Å². The van der Waals surface area contributed by atoms with Crippen molar-refractivity contribution in [3.63, 3.8) is 0 Å². The topological polar surface area (TPSA) is 29.1 Å². The van der Waals surface area contributed by atoms with Gasteiger partial charge in [-0.3, -0.25) is 4.79 Å². The van der Waals surface area contributed by atoms with Crippen LogP contribution >= 0.6 is 0 Å². The molecule has 0 aromatic rings. The Kier molecular flexibility index (Phi) is 2.76. The summed E-state index contributed by atoms with van der Waals surface area (Å²) in [6, 6.07) is 0.474. The van der Waals surface area contributed by atoms with Crippen molar-refractivity contribution in [2.45, 2.75) is 52.0 Å². The van der Waals surface area contributed by atoms with E-state index in [1.807, 2.05) is 13.8 Å². The molecule has 1 amide bonds. The number of fused-ring (bicyclic) bond motifs is 5. The zero-order chi connectivity index (χ0) is 12.0. The van der Waals surface area contributed by atoms with Gasteiger partial charge in [0, 0.05) is 12.1 Å². The van der Waals surface area contributed by atoms with E-state index in [9.17, 15) is 4.79 Å². The minimum atomic E-state index is 0.122. The number of rotatable bonds is 2. The molecular formula is C15H23NO. The first-order valence-corrected chi connectivity index (χ1v) is 7.10. The van der Waals surface area contributed by atoms with Gasteiger partial charge in [-0.2, -0.15) is 0 Å². The quantitative estimate of drug-likeness (QED) is 0.730. The van der Waals surface area contributed by atoms with Crippen molar-refractivity contribution in [3.05, 3.63) is 11.6 Å². The fourth-order valence-corrected chi connectivity index (χ4v) is 4.72. The summed E-state index contributed by atoms with van der Waals surface area (Å²) in [4.78, 5) is 11.8. The monoisotopic (exact) mass is 233 g/mol. The molecule has 3 fully saturated rings. The number of carbonyl (C=O) groups excluding carboxylic acids is 1. The summed E-state index contributed by atoms with van der Waals surface area (Å²) in [7, 11) is 0. The summed E-state index contributed by atoms with van der Waals surface area (Å²) < 4.78 is 0. The molecule has 0 spiro atoms. The Balaban J connectivity index is 1.64. The highest BCUT2D eigenvalue weighted by Gasteiger charge is 2.53. The van der Waals surface area contributed by atoms with Crippen molar-refractivity contribution in [2.24, 2.45) is 23.7 Å². The van der Waals surface area contributed by atoms with Gasteiger partial charge >= 0.3 is 0 Å². The Hall–Kier alpha value is -0.790. The lowest BCUT2D eigenvalue weighted by Gasteiger charge is -2.31. The van der Waals surface area contributed by atoms with Crippen molar-refractivity contribution in [2.75, 3.05) is 0 Å². The van der Waals surface area contributed by atoms with E-state index >= 15 is 0 Å². The van der Waals surface area contributed by atoms with Crippen molar-refractivity contribution in [1.29, 1.82) is 0 Å². The average molecular weight is 233 g/mol. The molecule has 0 aromatic carbocycles. The Bertz CT molecular complexity index is 356. The van der Waals surface area contributed by atoms with Crippen molar-refractivity contribution in [1.82, 2.24) is 5.32 Å². The molecule has 2 bridgehead atoms. The molecule has 0 saturated heterocycles. The molecular weight excluding hydrogens is 210 g/mol. The van der Waals surface area contributed by atoms with E-state index in [1.165, 1.54) is 32.1 Å². The fraction of sp³-hybridized carbons (Fsp3) is 0.800. The van der Waals surface area contributed by atoms with Crippen molar-refractivity contribution < 1.29 is 4.79 Å². The second-order valence-corrected chi connectivity index (χ2v) is 6.49. The number of amides is 1. The number of allylic oxidation sites excluding steroid dienone is 1. The van der Waals surface area contributed by atoms with Gasteiger partial charge in [-0.05, 0) is 63.2 Å². The van der Waals surface area contributed by atoms with E-state index in [1.54, 1.807) is 6.08 Å². The highest BCUT2D eigenvalue weighted by atomic mass is 16.1. The maximum atomic E-state index is 11.8. The predicted octanol–water partition coefficient (Wildman–Crippen LogP) is 2.89. The molecule has 3 aliphatic rings. The molecule has 0 heterocycles. The summed E-state index contributed by atoms with van der Waals surface area (Å²) in [6.07, 6.45) is 8.67. The van der Waals surface area contributed by atoms with Crippen LogP contribution in [0, 0.1) is 23.7 Å². The van der Waals surface area contributed by atoms with Gasteiger partial charge in [0.15, 0.2) is 0 Å². The largest absolute Gasteiger partial charge is 0.350 e. The first-order chi connectivity index (χ1) is 8.15. The maximum absolute atomic E-state index is 11.8. The average Bonchev–Trinajstić information content (AvgIpc) is 2.83. The summed E-state index contributed by atoms with van der Waals surface area (Å²) in [5.41, 5.74) is 1.09. The molecule has 1 N–H and O–H groups in total. The van der Waals surface area contributed by atoms with Crippen LogP contribution < -0.4 is 5.32 Å². The summed E-state index contributed by atoms with van der Waals surface area (Å²) in [6.45, 7) is 3.96.